The van der Waals surface area contributed by atoms with Crippen molar-refractivity contribution in [3.05, 3.63) is 131 Å². The van der Waals surface area contributed by atoms with Gasteiger partial charge in [0.2, 0.25) is 11.8 Å². The van der Waals surface area contributed by atoms with Crippen molar-refractivity contribution in [3.8, 4) is 11.5 Å². The number of para-hydroxylation sites is 1. The van der Waals surface area contributed by atoms with E-state index in [0.29, 0.717) is 32.0 Å². The van der Waals surface area contributed by atoms with Crippen LogP contribution < -0.4 is 14.8 Å². The third-order valence-electron chi connectivity index (χ3n) is 11.0. The van der Waals surface area contributed by atoms with E-state index < -0.39 is 10.8 Å². The van der Waals surface area contributed by atoms with E-state index in [4.69, 9.17) is 9.47 Å². The van der Waals surface area contributed by atoms with Crippen LogP contribution >= 0.6 is 0 Å². The molecule has 9 rings (SSSR count). The molecule has 0 radical (unpaired) electrons. The van der Waals surface area contributed by atoms with Crippen molar-refractivity contribution in [2.45, 2.75) is 37.1 Å². The molecule has 7 heteroatoms. The molecular weight excluding hydrogens is 574 g/mol. The Bertz CT molecular complexity index is 1860. The number of carbonyl (C=O) groups excluding carboxylic acids is 2. The first kappa shape index (κ1) is 28.6. The standard InChI is InChI=1S/C39H37N3O4/c1-45-33-11-5-2-8-27(33)12-15-36(43)42-24-35-38(29-13-14-34-28(21-29)17-20-46-34)18-16-32(30-9-3-4-10-31(30)38)39(35,25-42)37(44)41-23-26-7-6-19-40-22-26/h2-15,19,21-22,32,35H,16-18,20,23-25H2,1H3,(H,41,44)/b15-12+/t32-,35-,38-,39-/m0/s1. The number of nitrogens with zero attached hydrogens (tertiary/aromatic N) is 2. The van der Waals surface area contributed by atoms with Crippen molar-refractivity contribution in [2.24, 2.45) is 11.3 Å². The van der Waals surface area contributed by atoms with Crippen LogP contribution in [0.1, 0.15) is 52.1 Å². The van der Waals surface area contributed by atoms with E-state index in [1.54, 1.807) is 25.6 Å². The van der Waals surface area contributed by atoms with Gasteiger partial charge in [-0.05, 0) is 64.9 Å². The number of likely N-dealkylation sites (tertiary alicyclic amines) is 1. The molecule has 2 bridgehead atoms. The second-order valence-corrected chi connectivity index (χ2v) is 13.0. The molecule has 4 atom stereocenters. The number of carbonyl (C=O) groups is 2. The largest absolute Gasteiger partial charge is 0.496 e. The van der Waals surface area contributed by atoms with E-state index >= 15 is 0 Å². The molecule has 5 aliphatic rings. The van der Waals surface area contributed by atoms with E-state index in [2.05, 4.69) is 52.8 Å². The topological polar surface area (TPSA) is 80.8 Å². The molecule has 7 nitrogen and oxygen atoms in total. The monoisotopic (exact) mass is 611 g/mol. The number of ether oxygens (including phenoxy) is 2. The minimum atomic E-state index is -0.793. The lowest BCUT2D eigenvalue weighted by atomic mass is 9.42. The molecular formula is C39H37N3O4. The summed E-state index contributed by atoms with van der Waals surface area (Å²) in [5.41, 5.74) is 5.54. The molecule has 1 saturated carbocycles. The predicted octanol–water partition coefficient (Wildman–Crippen LogP) is 5.68. The average Bonchev–Trinajstić information content (AvgIpc) is 3.77. The molecule has 46 heavy (non-hydrogen) atoms. The Balaban J connectivity index is 1.24. The molecule has 3 heterocycles. The van der Waals surface area contributed by atoms with Crippen molar-refractivity contribution in [3.63, 3.8) is 0 Å². The SMILES string of the molecule is COc1ccccc1/C=C/C(=O)N1C[C@H]2[C@]3(c4ccc5c(c4)CCO5)CC[C@@H](c4ccccc43)[C@@]2(C(=O)NCc2cccnc2)C1. The second kappa shape index (κ2) is 11.2. The fraction of sp³-hybridized carbons (Fsp3) is 0.308. The van der Waals surface area contributed by atoms with Crippen LogP contribution in [0.15, 0.2) is 97.3 Å². The van der Waals surface area contributed by atoms with Gasteiger partial charge in [0.25, 0.3) is 0 Å². The van der Waals surface area contributed by atoms with Crippen molar-refractivity contribution >= 4 is 17.9 Å². The van der Waals surface area contributed by atoms with Gasteiger partial charge in [-0.2, -0.15) is 0 Å². The lowest BCUT2D eigenvalue weighted by Gasteiger charge is -2.60. The summed E-state index contributed by atoms with van der Waals surface area (Å²) in [4.78, 5) is 35.1. The average molecular weight is 612 g/mol. The number of hydrogen-bond acceptors (Lipinski definition) is 5. The van der Waals surface area contributed by atoms with Gasteiger partial charge in [-0.3, -0.25) is 14.6 Å². The fourth-order valence-corrected chi connectivity index (χ4v) is 9.03. The normalized spacial score (nSPS) is 25.5. The number of pyridine rings is 1. The minimum absolute atomic E-state index is 0.00164. The zero-order chi connectivity index (χ0) is 31.3. The Labute approximate surface area is 269 Å². The summed E-state index contributed by atoms with van der Waals surface area (Å²) in [6.45, 7) is 1.93. The third kappa shape index (κ3) is 4.28. The molecule has 0 spiro atoms. The Hall–Kier alpha value is -4.91. The summed E-state index contributed by atoms with van der Waals surface area (Å²) in [7, 11) is 1.63. The number of hydrogen-bond donors (Lipinski definition) is 1. The lowest BCUT2D eigenvalue weighted by molar-refractivity contribution is -0.139. The smallest absolute Gasteiger partial charge is 0.246 e. The molecule has 3 aliphatic carbocycles. The molecule has 1 N–H and O–H groups in total. The summed E-state index contributed by atoms with van der Waals surface area (Å²) in [5, 5.41) is 3.32. The zero-order valence-corrected chi connectivity index (χ0v) is 25.9. The molecule has 0 unspecified atom stereocenters. The highest BCUT2D eigenvalue weighted by Crippen LogP contribution is 2.69. The number of rotatable bonds is 7. The van der Waals surface area contributed by atoms with Gasteiger partial charge >= 0.3 is 0 Å². The Morgan fingerprint density at radius 2 is 1.96 bits per heavy atom. The van der Waals surface area contributed by atoms with Crippen LogP contribution in [0.4, 0.5) is 0 Å². The van der Waals surface area contributed by atoms with Gasteiger partial charge in [0.05, 0.1) is 19.1 Å². The molecule has 1 aromatic heterocycles. The van der Waals surface area contributed by atoms with Gasteiger partial charge < -0.3 is 19.7 Å². The number of nitrogens with one attached hydrogen (secondary N) is 1. The first-order valence-corrected chi connectivity index (χ1v) is 16.2. The van der Waals surface area contributed by atoms with Crippen LogP contribution in [0, 0.1) is 11.3 Å². The lowest BCUT2D eigenvalue weighted by Crippen LogP contribution is -2.62. The van der Waals surface area contributed by atoms with E-state index in [9.17, 15) is 9.59 Å². The fourth-order valence-electron chi connectivity index (χ4n) is 9.03. The van der Waals surface area contributed by atoms with E-state index in [-0.39, 0.29) is 23.7 Å². The highest BCUT2D eigenvalue weighted by atomic mass is 16.5. The molecule has 2 amide bonds. The molecule has 1 saturated heterocycles. The molecule has 4 aromatic rings. The van der Waals surface area contributed by atoms with Crippen LogP contribution in [0.25, 0.3) is 6.08 Å². The molecule has 3 aromatic carbocycles. The van der Waals surface area contributed by atoms with Crippen molar-refractivity contribution in [1.29, 1.82) is 0 Å². The zero-order valence-electron chi connectivity index (χ0n) is 25.9. The van der Waals surface area contributed by atoms with Crippen molar-refractivity contribution in [1.82, 2.24) is 15.2 Å². The van der Waals surface area contributed by atoms with Crippen LogP contribution in [0.3, 0.4) is 0 Å². The number of benzene rings is 3. The third-order valence-corrected chi connectivity index (χ3v) is 11.0. The van der Waals surface area contributed by atoms with E-state index in [1.165, 1.54) is 22.3 Å². The van der Waals surface area contributed by atoms with Crippen molar-refractivity contribution in [2.75, 3.05) is 26.8 Å². The summed E-state index contributed by atoms with van der Waals surface area (Å²) < 4.78 is 11.4. The highest BCUT2D eigenvalue weighted by molar-refractivity contribution is 5.94. The van der Waals surface area contributed by atoms with Crippen molar-refractivity contribution < 1.29 is 19.1 Å². The second-order valence-electron chi connectivity index (χ2n) is 13.0. The molecule has 2 fully saturated rings. The number of amides is 2. The minimum Gasteiger partial charge on any atom is -0.496 e. The number of fused-ring (bicyclic) bond motifs is 2. The molecule has 2 aliphatic heterocycles. The first-order chi connectivity index (χ1) is 22.5. The van der Waals surface area contributed by atoms with E-state index in [0.717, 1.165) is 36.1 Å². The maximum Gasteiger partial charge on any atom is 0.246 e. The van der Waals surface area contributed by atoms with Gasteiger partial charge in [-0.25, -0.2) is 0 Å². The summed E-state index contributed by atoms with van der Waals surface area (Å²) >= 11 is 0. The Morgan fingerprint density at radius 1 is 1.09 bits per heavy atom. The molecule has 232 valence electrons. The number of aromatic nitrogens is 1. The maximum atomic E-state index is 14.8. The van der Waals surface area contributed by atoms with Gasteiger partial charge in [0.15, 0.2) is 0 Å². The van der Waals surface area contributed by atoms with Gasteiger partial charge in [-0.15, -0.1) is 0 Å². The quantitative estimate of drug-likeness (QED) is 0.272. The van der Waals surface area contributed by atoms with Gasteiger partial charge in [0, 0.05) is 67.3 Å². The first-order valence-electron chi connectivity index (χ1n) is 16.2. The number of methoxy groups -OCH3 is 1. The summed E-state index contributed by atoms with van der Waals surface area (Å²) in [6.07, 6.45) is 9.66. The van der Waals surface area contributed by atoms with Crippen LogP contribution in [0.2, 0.25) is 0 Å². The van der Waals surface area contributed by atoms with Crippen LogP contribution in [-0.2, 0) is 28.0 Å². The highest BCUT2D eigenvalue weighted by Gasteiger charge is 2.70. The summed E-state index contributed by atoms with van der Waals surface area (Å²) in [6, 6.07) is 26.8. The Kier molecular flexibility index (Phi) is 6.93. The van der Waals surface area contributed by atoms with E-state index in [1.807, 2.05) is 47.4 Å². The van der Waals surface area contributed by atoms with Gasteiger partial charge in [-0.1, -0.05) is 60.7 Å². The van der Waals surface area contributed by atoms with Crippen LogP contribution in [0.5, 0.6) is 11.5 Å². The van der Waals surface area contributed by atoms with Crippen LogP contribution in [-0.4, -0.2) is 48.5 Å². The van der Waals surface area contributed by atoms with Gasteiger partial charge in [0.1, 0.15) is 11.5 Å². The maximum absolute atomic E-state index is 14.8. The summed E-state index contributed by atoms with van der Waals surface area (Å²) in [5.74, 6) is 1.47. The Morgan fingerprint density at radius 3 is 2.83 bits per heavy atom. The predicted molar refractivity (Wildman–Crippen MR) is 175 cm³/mol.